The van der Waals surface area contributed by atoms with E-state index in [2.05, 4.69) is 15.5 Å². The maximum absolute atomic E-state index is 10.4. The molecule has 0 fully saturated rings. The van der Waals surface area contributed by atoms with Crippen LogP contribution in [0.3, 0.4) is 0 Å². The average molecular weight is 185 g/mol. The molecule has 0 radical (unpaired) electrons. The van der Waals surface area contributed by atoms with Crippen molar-refractivity contribution in [2.75, 3.05) is 6.61 Å². The zero-order valence-electron chi connectivity index (χ0n) is 6.10. The molecular formula is C6H7N3O2S. The van der Waals surface area contributed by atoms with Crippen molar-refractivity contribution in [1.29, 1.82) is 0 Å². The standard InChI is InChI=1S/C6H7N3O2S/c10-4-5(11)9-8-3-6-7-1-2-12-6/h1-3,10H,4H2,(H,9,11)/b8-3+. The largest absolute Gasteiger partial charge is 0.386 e. The Morgan fingerprint density at radius 1 is 1.92 bits per heavy atom. The summed E-state index contributed by atoms with van der Waals surface area (Å²) in [6, 6.07) is 0. The Morgan fingerprint density at radius 2 is 2.75 bits per heavy atom. The predicted octanol–water partition coefficient (Wildman–Crippen LogP) is -0.415. The highest BCUT2D eigenvalue weighted by molar-refractivity contribution is 7.11. The van der Waals surface area contributed by atoms with Gasteiger partial charge in [0.25, 0.3) is 5.91 Å². The van der Waals surface area contributed by atoms with Gasteiger partial charge < -0.3 is 5.11 Å². The zero-order chi connectivity index (χ0) is 8.81. The quantitative estimate of drug-likeness (QED) is 0.496. The minimum atomic E-state index is -0.560. The molecule has 5 nitrogen and oxygen atoms in total. The van der Waals surface area contributed by atoms with Gasteiger partial charge in [-0.15, -0.1) is 11.3 Å². The normalized spacial score (nSPS) is 10.4. The van der Waals surface area contributed by atoms with Crippen LogP contribution in [0.15, 0.2) is 16.7 Å². The summed E-state index contributed by atoms with van der Waals surface area (Å²) in [5.74, 6) is -0.539. The maximum Gasteiger partial charge on any atom is 0.265 e. The van der Waals surface area contributed by atoms with E-state index in [0.717, 1.165) is 0 Å². The number of aliphatic hydroxyl groups excluding tert-OH is 1. The highest BCUT2D eigenvalue weighted by Crippen LogP contribution is 1.98. The molecule has 0 saturated carbocycles. The van der Waals surface area contributed by atoms with Crippen LogP contribution in [-0.4, -0.2) is 28.8 Å². The fourth-order valence-electron chi connectivity index (χ4n) is 0.493. The molecular weight excluding hydrogens is 178 g/mol. The van der Waals surface area contributed by atoms with Crippen molar-refractivity contribution < 1.29 is 9.90 Å². The second-order valence-electron chi connectivity index (χ2n) is 1.82. The number of hydrazone groups is 1. The fraction of sp³-hybridized carbons (Fsp3) is 0.167. The molecule has 1 heterocycles. The number of amides is 1. The van der Waals surface area contributed by atoms with Crippen LogP contribution in [-0.2, 0) is 4.79 Å². The first-order valence-electron chi connectivity index (χ1n) is 3.15. The fourth-order valence-corrected chi connectivity index (χ4v) is 0.989. The summed E-state index contributed by atoms with van der Waals surface area (Å²) < 4.78 is 0. The molecule has 0 spiro atoms. The summed E-state index contributed by atoms with van der Waals surface area (Å²) in [7, 11) is 0. The molecule has 1 aromatic rings. The number of carbonyl (C=O) groups excluding carboxylic acids is 1. The molecule has 1 rings (SSSR count). The van der Waals surface area contributed by atoms with Gasteiger partial charge in [-0.1, -0.05) is 0 Å². The Hall–Kier alpha value is -1.27. The van der Waals surface area contributed by atoms with Crippen LogP contribution in [0, 0.1) is 0 Å². The van der Waals surface area contributed by atoms with Gasteiger partial charge in [0.05, 0.1) is 6.21 Å². The van der Waals surface area contributed by atoms with Gasteiger partial charge in [-0.3, -0.25) is 4.79 Å². The minimum absolute atomic E-state index is 0.539. The number of aliphatic hydroxyl groups is 1. The first kappa shape index (κ1) is 8.82. The van der Waals surface area contributed by atoms with E-state index < -0.39 is 12.5 Å². The lowest BCUT2D eigenvalue weighted by Crippen LogP contribution is -2.20. The Bertz CT molecular complexity index is 270. The van der Waals surface area contributed by atoms with Crippen molar-refractivity contribution >= 4 is 23.5 Å². The van der Waals surface area contributed by atoms with Gasteiger partial charge in [-0.2, -0.15) is 5.10 Å². The molecule has 0 aliphatic carbocycles. The monoisotopic (exact) mass is 185 g/mol. The maximum atomic E-state index is 10.4. The highest BCUT2D eigenvalue weighted by Gasteiger charge is 1.93. The topological polar surface area (TPSA) is 74.6 Å². The number of nitrogens with one attached hydrogen (secondary N) is 1. The van der Waals surface area contributed by atoms with E-state index in [1.54, 1.807) is 11.6 Å². The Balaban J connectivity index is 2.37. The van der Waals surface area contributed by atoms with Crippen LogP contribution in [0.1, 0.15) is 5.01 Å². The number of rotatable bonds is 3. The summed E-state index contributed by atoms with van der Waals surface area (Å²) in [6.07, 6.45) is 3.05. The molecule has 0 aliphatic rings. The van der Waals surface area contributed by atoms with Gasteiger partial charge in [0.1, 0.15) is 11.6 Å². The number of carbonyl (C=O) groups is 1. The van der Waals surface area contributed by atoms with Gasteiger partial charge >= 0.3 is 0 Å². The third kappa shape index (κ3) is 2.77. The second-order valence-corrected chi connectivity index (χ2v) is 2.75. The SMILES string of the molecule is O=C(CO)N/N=C/c1nccs1. The molecule has 1 amide bonds. The molecule has 0 aliphatic heterocycles. The Morgan fingerprint density at radius 3 is 3.33 bits per heavy atom. The van der Waals surface area contributed by atoms with Crippen molar-refractivity contribution in [3.8, 4) is 0 Å². The second kappa shape index (κ2) is 4.58. The van der Waals surface area contributed by atoms with Crippen molar-refractivity contribution in [3.63, 3.8) is 0 Å². The van der Waals surface area contributed by atoms with Crippen LogP contribution >= 0.6 is 11.3 Å². The lowest BCUT2D eigenvalue weighted by Gasteiger charge is -1.91. The van der Waals surface area contributed by atoms with Gasteiger partial charge in [-0.05, 0) is 0 Å². The molecule has 1 aromatic heterocycles. The number of thiazole rings is 1. The summed E-state index contributed by atoms with van der Waals surface area (Å²) in [4.78, 5) is 14.3. The van der Waals surface area contributed by atoms with Crippen LogP contribution < -0.4 is 5.43 Å². The Kier molecular flexibility index (Phi) is 3.36. The van der Waals surface area contributed by atoms with Gasteiger partial charge in [0.15, 0.2) is 0 Å². The number of hydrogen-bond acceptors (Lipinski definition) is 5. The lowest BCUT2D eigenvalue weighted by atomic mass is 10.7. The third-order valence-electron chi connectivity index (χ3n) is 0.959. The lowest BCUT2D eigenvalue weighted by molar-refractivity contribution is -0.123. The van der Waals surface area contributed by atoms with E-state index in [1.807, 2.05) is 0 Å². The van der Waals surface area contributed by atoms with Gasteiger partial charge in [0.2, 0.25) is 0 Å². The van der Waals surface area contributed by atoms with E-state index in [4.69, 9.17) is 5.11 Å². The molecule has 6 heteroatoms. The van der Waals surface area contributed by atoms with Crippen molar-refractivity contribution in [3.05, 3.63) is 16.6 Å². The molecule has 64 valence electrons. The zero-order valence-corrected chi connectivity index (χ0v) is 6.91. The summed E-state index contributed by atoms with van der Waals surface area (Å²) in [5, 5.41) is 14.3. The molecule has 0 atom stereocenters. The molecule has 0 aromatic carbocycles. The summed E-state index contributed by atoms with van der Waals surface area (Å²) >= 11 is 1.41. The predicted molar refractivity (Wildman–Crippen MR) is 44.9 cm³/mol. The highest BCUT2D eigenvalue weighted by atomic mass is 32.1. The van der Waals surface area contributed by atoms with Gasteiger partial charge in [0, 0.05) is 11.6 Å². The first-order chi connectivity index (χ1) is 5.83. The van der Waals surface area contributed by atoms with Crippen LogP contribution in [0.25, 0.3) is 0 Å². The van der Waals surface area contributed by atoms with Crippen molar-refractivity contribution in [2.24, 2.45) is 5.10 Å². The van der Waals surface area contributed by atoms with E-state index in [-0.39, 0.29) is 0 Å². The molecule has 0 bridgehead atoms. The first-order valence-corrected chi connectivity index (χ1v) is 4.03. The van der Waals surface area contributed by atoms with Gasteiger partial charge in [-0.25, -0.2) is 10.4 Å². The summed E-state index contributed by atoms with van der Waals surface area (Å²) in [6.45, 7) is -0.560. The van der Waals surface area contributed by atoms with E-state index in [0.29, 0.717) is 5.01 Å². The molecule has 0 unspecified atom stereocenters. The number of aromatic nitrogens is 1. The van der Waals surface area contributed by atoms with Crippen LogP contribution in [0.4, 0.5) is 0 Å². The minimum Gasteiger partial charge on any atom is -0.386 e. The van der Waals surface area contributed by atoms with Crippen LogP contribution in [0.2, 0.25) is 0 Å². The molecule has 12 heavy (non-hydrogen) atoms. The number of hydrogen-bond donors (Lipinski definition) is 2. The van der Waals surface area contributed by atoms with E-state index >= 15 is 0 Å². The van der Waals surface area contributed by atoms with Crippen LogP contribution in [0.5, 0.6) is 0 Å². The van der Waals surface area contributed by atoms with Crippen molar-refractivity contribution in [1.82, 2.24) is 10.4 Å². The summed E-state index contributed by atoms with van der Waals surface area (Å²) in [5.41, 5.74) is 2.12. The third-order valence-corrected chi connectivity index (χ3v) is 1.67. The van der Waals surface area contributed by atoms with E-state index in [9.17, 15) is 4.79 Å². The molecule has 0 saturated heterocycles. The van der Waals surface area contributed by atoms with E-state index in [1.165, 1.54) is 17.6 Å². The number of nitrogens with zero attached hydrogens (tertiary/aromatic N) is 2. The Labute approximate surface area is 72.8 Å². The van der Waals surface area contributed by atoms with Crippen molar-refractivity contribution in [2.45, 2.75) is 0 Å². The smallest absolute Gasteiger partial charge is 0.265 e. The average Bonchev–Trinajstić information content (AvgIpc) is 2.57. The molecule has 2 N–H and O–H groups in total.